The quantitative estimate of drug-likeness (QED) is 0.850. The molecule has 1 aliphatic rings. The molecule has 0 spiro atoms. The van der Waals surface area contributed by atoms with E-state index in [1.165, 1.54) is 23.3 Å². The van der Waals surface area contributed by atoms with Crippen molar-refractivity contribution in [2.45, 2.75) is 52.6 Å². The van der Waals surface area contributed by atoms with E-state index in [0.29, 0.717) is 0 Å². The van der Waals surface area contributed by atoms with Crippen LogP contribution in [0.25, 0.3) is 10.2 Å². The molecule has 2 aromatic rings. The number of hydrogen-bond acceptors (Lipinski definition) is 6. The minimum Gasteiger partial charge on any atom is -0.394 e. The maximum Gasteiger partial charge on any atom is 0.146 e. The second kappa shape index (κ2) is 7.11. The molecule has 2 N–H and O–H groups in total. The first kappa shape index (κ1) is 16.6. The van der Waals surface area contributed by atoms with E-state index in [1.54, 1.807) is 11.3 Å². The first-order valence-corrected chi connectivity index (χ1v) is 9.30. The standard InChI is InChI=1S/C17H26N4OS/c1-4-13(10-22)18-16-15-11(2)12(3)23-17(15)20-14(19-16)9-21-7-5-6-8-21/h13,22H,4-10H2,1-3H3,(H,18,19,20). The molecule has 5 nitrogen and oxygen atoms in total. The van der Waals surface area contributed by atoms with Crippen molar-refractivity contribution in [1.29, 1.82) is 0 Å². The van der Waals surface area contributed by atoms with E-state index < -0.39 is 0 Å². The summed E-state index contributed by atoms with van der Waals surface area (Å²) in [5, 5.41) is 14.1. The minimum atomic E-state index is 0.0346. The van der Waals surface area contributed by atoms with Gasteiger partial charge < -0.3 is 10.4 Å². The van der Waals surface area contributed by atoms with Crippen molar-refractivity contribution < 1.29 is 5.11 Å². The van der Waals surface area contributed by atoms with Crippen LogP contribution in [0, 0.1) is 13.8 Å². The van der Waals surface area contributed by atoms with Crippen LogP contribution in [-0.4, -0.2) is 45.7 Å². The van der Waals surface area contributed by atoms with Crippen LogP contribution in [0.3, 0.4) is 0 Å². The number of anilines is 1. The Morgan fingerprint density at radius 2 is 2.00 bits per heavy atom. The molecule has 0 radical (unpaired) electrons. The number of nitrogens with zero attached hydrogens (tertiary/aromatic N) is 3. The zero-order valence-electron chi connectivity index (χ0n) is 14.2. The topological polar surface area (TPSA) is 61.3 Å². The SMILES string of the molecule is CCC(CO)Nc1nc(CN2CCCC2)nc2sc(C)c(C)c12. The Labute approximate surface area is 141 Å². The molecular weight excluding hydrogens is 308 g/mol. The number of aryl methyl sites for hydroxylation is 2. The normalized spacial score (nSPS) is 17.0. The molecule has 0 aliphatic carbocycles. The van der Waals surface area contributed by atoms with Crippen molar-refractivity contribution in [3.05, 3.63) is 16.3 Å². The summed E-state index contributed by atoms with van der Waals surface area (Å²) in [5.41, 5.74) is 1.24. The van der Waals surface area contributed by atoms with Crippen molar-refractivity contribution in [3.63, 3.8) is 0 Å². The number of nitrogens with one attached hydrogen (secondary N) is 1. The van der Waals surface area contributed by atoms with E-state index in [9.17, 15) is 5.11 Å². The minimum absolute atomic E-state index is 0.0346. The monoisotopic (exact) mass is 334 g/mol. The van der Waals surface area contributed by atoms with Crippen LogP contribution in [0.5, 0.6) is 0 Å². The molecule has 1 fully saturated rings. The summed E-state index contributed by atoms with van der Waals surface area (Å²) >= 11 is 1.74. The van der Waals surface area contributed by atoms with Gasteiger partial charge in [-0.25, -0.2) is 9.97 Å². The largest absolute Gasteiger partial charge is 0.394 e. The van der Waals surface area contributed by atoms with Gasteiger partial charge in [-0.05, 0) is 51.8 Å². The third-order valence-corrected chi connectivity index (χ3v) is 5.79. The third kappa shape index (κ3) is 3.49. The first-order valence-electron chi connectivity index (χ1n) is 8.48. The van der Waals surface area contributed by atoms with Crippen LogP contribution in [0.2, 0.25) is 0 Å². The molecule has 0 saturated carbocycles. The first-order chi connectivity index (χ1) is 11.1. The second-order valence-electron chi connectivity index (χ2n) is 6.37. The average Bonchev–Trinajstić information content (AvgIpc) is 3.13. The maximum atomic E-state index is 9.52. The van der Waals surface area contributed by atoms with E-state index >= 15 is 0 Å². The number of aliphatic hydroxyl groups excluding tert-OH is 1. The van der Waals surface area contributed by atoms with E-state index in [2.05, 4.69) is 31.0 Å². The molecule has 1 atom stereocenters. The number of thiophene rings is 1. The van der Waals surface area contributed by atoms with Crippen molar-refractivity contribution in [2.75, 3.05) is 25.0 Å². The molecule has 1 saturated heterocycles. The molecular formula is C17H26N4OS. The zero-order valence-corrected chi connectivity index (χ0v) is 15.0. The molecule has 3 heterocycles. The van der Waals surface area contributed by atoms with Crippen LogP contribution in [0.15, 0.2) is 0 Å². The molecule has 0 aromatic carbocycles. The number of likely N-dealkylation sites (tertiary alicyclic amines) is 1. The van der Waals surface area contributed by atoms with Gasteiger partial charge in [-0.15, -0.1) is 11.3 Å². The molecule has 126 valence electrons. The molecule has 23 heavy (non-hydrogen) atoms. The highest BCUT2D eigenvalue weighted by Crippen LogP contribution is 2.34. The lowest BCUT2D eigenvalue weighted by molar-refractivity contribution is 0.271. The summed E-state index contributed by atoms with van der Waals surface area (Å²) in [7, 11) is 0. The predicted molar refractivity (Wildman–Crippen MR) is 96.2 cm³/mol. The van der Waals surface area contributed by atoms with Gasteiger partial charge in [0.1, 0.15) is 16.5 Å². The molecule has 1 aliphatic heterocycles. The van der Waals surface area contributed by atoms with E-state index in [-0.39, 0.29) is 12.6 Å². The van der Waals surface area contributed by atoms with Gasteiger partial charge in [0.25, 0.3) is 0 Å². The fourth-order valence-corrected chi connectivity index (χ4v) is 4.13. The van der Waals surface area contributed by atoms with Crippen LogP contribution >= 0.6 is 11.3 Å². The number of hydrogen-bond donors (Lipinski definition) is 2. The van der Waals surface area contributed by atoms with Crippen LogP contribution in [0.4, 0.5) is 5.82 Å². The molecule has 2 aromatic heterocycles. The molecule has 3 rings (SSSR count). The van der Waals surface area contributed by atoms with Gasteiger partial charge in [-0.2, -0.15) is 0 Å². The molecule has 0 amide bonds. The Morgan fingerprint density at radius 3 is 2.65 bits per heavy atom. The fourth-order valence-electron chi connectivity index (χ4n) is 3.08. The van der Waals surface area contributed by atoms with Crippen molar-refractivity contribution in [3.8, 4) is 0 Å². The number of aliphatic hydroxyl groups is 1. The average molecular weight is 334 g/mol. The fraction of sp³-hybridized carbons (Fsp3) is 0.647. The summed E-state index contributed by atoms with van der Waals surface area (Å²) in [5.74, 6) is 1.77. The number of rotatable bonds is 6. The van der Waals surface area contributed by atoms with Gasteiger partial charge in [-0.1, -0.05) is 6.92 Å². The van der Waals surface area contributed by atoms with Gasteiger partial charge in [0.2, 0.25) is 0 Å². The highest BCUT2D eigenvalue weighted by Gasteiger charge is 2.19. The smallest absolute Gasteiger partial charge is 0.146 e. The lowest BCUT2D eigenvalue weighted by Gasteiger charge is -2.18. The lowest BCUT2D eigenvalue weighted by atomic mass is 10.2. The number of fused-ring (bicyclic) bond motifs is 1. The van der Waals surface area contributed by atoms with Crippen molar-refractivity contribution in [2.24, 2.45) is 0 Å². The van der Waals surface area contributed by atoms with Crippen LogP contribution in [-0.2, 0) is 6.54 Å². The summed E-state index contributed by atoms with van der Waals surface area (Å²) in [6, 6.07) is 0.0346. The van der Waals surface area contributed by atoms with Gasteiger partial charge in [0.05, 0.1) is 24.6 Å². The summed E-state index contributed by atoms with van der Waals surface area (Å²) in [6.07, 6.45) is 3.41. The summed E-state index contributed by atoms with van der Waals surface area (Å²) in [4.78, 5) is 14.4. The van der Waals surface area contributed by atoms with E-state index in [4.69, 9.17) is 9.97 Å². The lowest BCUT2D eigenvalue weighted by Crippen LogP contribution is -2.25. The third-order valence-electron chi connectivity index (χ3n) is 4.69. The second-order valence-corrected chi connectivity index (χ2v) is 7.57. The maximum absolute atomic E-state index is 9.52. The Kier molecular flexibility index (Phi) is 5.14. The van der Waals surface area contributed by atoms with Gasteiger partial charge in [0, 0.05) is 4.88 Å². The van der Waals surface area contributed by atoms with Crippen LogP contribution < -0.4 is 5.32 Å². The Hall–Kier alpha value is -1.24. The van der Waals surface area contributed by atoms with Gasteiger partial charge in [0.15, 0.2) is 0 Å². The predicted octanol–water partition coefficient (Wildman–Crippen LogP) is 3.09. The highest BCUT2D eigenvalue weighted by molar-refractivity contribution is 7.18. The molecule has 1 unspecified atom stereocenters. The van der Waals surface area contributed by atoms with Gasteiger partial charge >= 0.3 is 0 Å². The van der Waals surface area contributed by atoms with Gasteiger partial charge in [-0.3, -0.25) is 4.90 Å². The Morgan fingerprint density at radius 1 is 1.26 bits per heavy atom. The van der Waals surface area contributed by atoms with Crippen molar-refractivity contribution >= 4 is 27.4 Å². The zero-order chi connectivity index (χ0) is 16.4. The van der Waals surface area contributed by atoms with E-state index in [0.717, 1.165) is 47.9 Å². The highest BCUT2D eigenvalue weighted by atomic mass is 32.1. The van der Waals surface area contributed by atoms with E-state index in [1.807, 2.05) is 0 Å². The Balaban J connectivity index is 1.98. The summed E-state index contributed by atoms with van der Waals surface area (Å²) < 4.78 is 0. The van der Waals surface area contributed by atoms with Crippen LogP contribution in [0.1, 0.15) is 42.5 Å². The summed E-state index contributed by atoms with van der Waals surface area (Å²) in [6.45, 7) is 9.55. The molecule has 0 bridgehead atoms. The number of aromatic nitrogens is 2. The Bertz CT molecular complexity index is 675. The van der Waals surface area contributed by atoms with Crippen molar-refractivity contribution in [1.82, 2.24) is 14.9 Å². The molecule has 6 heteroatoms.